The van der Waals surface area contributed by atoms with Gasteiger partial charge in [-0.05, 0) is 42.0 Å². The summed E-state index contributed by atoms with van der Waals surface area (Å²) in [5.41, 5.74) is 8.66. The summed E-state index contributed by atoms with van der Waals surface area (Å²) in [7, 11) is 1.76. The molecule has 0 spiro atoms. The van der Waals surface area contributed by atoms with Crippen LogP contribution in [0.4, 0.5) is 5.69 Å². The van der Waals surface area contributed by atoms with E-state index in [0.29, 0.717) is 44.1 Å². The van der Waals surface area contributed by atoms with Crippen molar-refractivity contribution < 1.29 is 19.1 Å². The van der Waals surface area contributed by atoms with Gasteiger partial charge < -0.3 is 20.1 Å². The largest absolute Gasteiger partial charge is 0.493 e. The van der Waals surface area contributed by atoms with E-state index < -0.39 is 5.91 Å². The van der Waals surface area contributed by atoms with Crippen LogP contribution < -0.4 is 20.1 Å². The standard InChI is InChI=1S/C23H20N2O3.C10H10N4O/c1-25-21-15-17(7-10-22(21)28-14-11-23(25)26)5-2-3-13-27-19-9-8-18-6-4-12-24-20(18)16-19;11-9(15)10-12-8(13-14-10)6-7-4-2-1-3-5-7/h4,6-10,12,15-16H,3,11,13-14H2,1H3;1-5H,6H2,(H2,11,15)(H,12,13,14). The molecule has 2 amide bonds. The molecule has 216 valence electrons. The van der Waals surface area contributed by atoms with Crippen LogP contribution in [-0.4, -0.2) is 52.2 Å². The number of H-pyrrole nitrogens is 1. The summed E-state index contributed by atoms with van der Waals surface area (Å²) in [6.07, 6.45) is 3.37. The number of pyridine rings is 1. The first kappa shape index (κ1) is 28.8. The second-order valence-electron chi connectivity index (χ2n) is 9.62. The molecule has 3 heterocycles. The van der Waals surface area contributed by atoms with Gasteiger partial charge in [-0.1, -0.05) is 48.2 Å². The van der Waals surface area contributed by atoms with Crippen molar-refractivity contribution in [2.45, 2.75) is 19.3 Å². The SMILES string of the molecule is CN1C(=O)CCOc2ccc(C#CCCOc3ccc4cccnc4c3)cc21.NC(=O)c1n[nH]c(Cc2ccccc2)n1. The second-order valence-corrected chi connectivity index (χ2v) is 9.62. The Kier molecular flexibility index (Phi) is 9.24. The van der Waals surface area contributed by atoms with E-state index in [1.165, 1.54) is 0 Å². The predicted molar refractivity (Wildman–Crippen MR) is 163 cm³/mol. The van der Waals surface area contributed by atoms with E-state index in [2.05, 4.69) is 32.0 Å². The number of carbonyl (C=O) groups excluding carboxylic acids is 2. The minimum Gasteiger partial charge on any atom is -0.493 e. The van der Waals surface area contributed by atoms with Crippen molar-refractivity contribution in [3.63, 3.8) is 0 Å². The molecule has 1 aliphatic heterocycles. The third kappa shape index (κ3) is 7.74. The summed E-state index contributed by atoms with van der Waals surface area (Å²) < 4.78 is 11.4. The number of fused-ring (bicyclic) bond motifs is 2. The fourth-order valence-corrected chi connectivity index (χ4v) is 4.32. The van der Waals surface area contributed by atoms with Crippen molar-refractivity contribution in [3.05, 3.63) is 108 Å². The number of hydrogen-bond donors (Lipinski definition) is 2. The van der Waals surface area contributed by atoms with Gasteiger partial charge in [-0.2, -0.15) is 0 Å². The zero-order valence-corrected chi connectivity index (χ0v) is 23.6. The van der Waals surface area contributed by atoms with Crippen LogP contribution in [0.2, 0.25) is 0 Å². The molecule has 0 fully saturated rings. The van der Waals surface area contributed by atoms with Crippen molar-refractivity contribution in [1.82, 2.24) is 20.2 Å². The summed E-state index contributed by atoms with van der Waals surface area (Å²) in [5.74, 6) is 7.84. The highest BCUT2D eigenvalue weighted by molar-refractivity contribution is 5.95. The second kappa shape index (κ2) is 13.8. The monoisotopic (exact) mass is 574 g/mol. The van der Waals surface area contributed by atoms with Gasteiger partial charge in [-0.3, -0.25) is 19.7 Å². The Morgan fingerprint density at radius 1 is 1.09 bits per heavy atom. The normalized spacial score (nSPS) is 12.1. The third-order valence-electron chi connectivity index (χ3n) is 6.54. The molecule has 0 unspecified atom stereocenters. The van der Waals surface area contributed by atoms with Crippen molar-refractivity contribution in [1.29, 1.82) is 0 Å². The first-order chi connectivity index (χ1) is 21.0. The minimum atomic E-state index is -0.620. The lowest BCUT2D eigenvalue weighted by atomic mass is 10.1. The maximum atomic E-state index is 12.0. The molecular weight excluding hydrogens is 544 g/mol. The van der Waals surface area contributed by atoms with Gasteiger partial charge >= 0.3 is 0 Å². The number of benzene rings is 3. The summed E-state index contributed by atoms with van der Waals surface area (Å²) >= 11 is 0. The van der Waals surface area contributed by atoms with E-state index in [1.54, 1.807) is 18.1 Å². The van der Waals surface area contributed by atoms with Crippen molar-refractivity contribution in [3.8, 4) is 23.3 Å². The number of nitrogens with one attached hydrogen (secondary N) is 1. The highest BCUT2D eigenvalue weighted by atomic mass is 16.5. The van der Waals surface area contributed by atoms with E-state index in [0.717, 1.165) is 33.5 Å². The van der Waals surface area contributed by atoms with Crippen LogP contribution in [0.25, 0.3) is 10.9 Å². The number of anilines is 1. The average molecular weight is 575 g/mol. The molecule has 3 N–H and O–H groups in total. The van der Waals surface area contributed by atoms with Gasteiger partial charge in [-0.25, -0.2) is 4.98 Å². The number of aromatic amines is 1. The van der Waals surface area contributed by atoms with Gasteiger partial charge in [0.1, 0.15) is 17.3 Å². The molecule has 10 heteroatoms. The van der Waals surface area contributed by atoms with Crippen LogP contribution in [0, 0.1) is 11.8 Å². The number of primary amides is 1. The average Bonchev–Trinajstić information content (AvgIpc) is 3.45. The molecule has 3 aromatic carbocycles. The minimum absolute atomic E-state index is 0.0286. The fourth-order valence-electron chi connectivity index (χ4n) is 4.32. The Morgan fingerprint density at radius 2 is 1.95 bits per heavy atom. The fraction of sp³-hybridized carbons (Fsp3) is 0.182. The van der Waals surface area contributed by atoms with E-state index in [-0.39, 0.29) is 11.7 Å². The Bertz CT molecular complexity index is 1790. The van der Waals surface area contributed by atoms with Gasteiger partial charge in [0.25, 0.3) is 5.91 Å². The number of carbonyl (C=O) groups is 2. The summed E-state index contributed by atoms with van der Waals surface area (Å²) in [6.45, 7) is 0.903. The van der Waals surface area contributed by atoms with E-state index >= 15 is 0 Å². The lowest BCUT2D eigenvalue weighted by Gasteiger charge is -2.16. The van der Waals surface area contributed by atoms with Gasteiger partial charge in [0, 0.05) is 43.1 Å². The molecule has 0 aliphatic carbocycles. The molecule has 5 aromatic rings. The lowest BCUT2D eigenvalue weighted by Crippen LogP contribution is -2.25. The Labute approximate surface area is 248 Å². The van der Waals surface area contributed by atoms with Crippen LogP contribution in [-0.2, 0) is 11.2 Å². The summed E-state index contributed by atoms with van der Waals surface area (Å²) in [5, 5.41) is 7.46. The van der Waals surface area contributed by atoms with E-state index in [1.807, 2.05) is 78.9 Å². The topological polar surface area (TPSA) is 136 Å². The lowest BCUT2D eigenvalue weighted by molar-refractivity contribution is -0.118. The maximum absolute atomic E-state index is 12.0. The predicted octanol–water partition coefficient (Wildman–Crippen LogP) is 4.30. The zero-order valence-electron chi connectivity index (χ0n) is 23.6. The Balaban J connectivity index is 0.000000207. The maximum Gasteiger partial charge on any atom is 0.288 e. The molecular formula is C33H30N6O4. The van der Waals surface area contributed by atoms with Crippen LogP contribution >= 0.6 is 0 Å². The number of rotatable bonds is 6. The first-order valence-corrected chi connectivity index (χ1v) is 13.7. The summed E-state index contributed by atoms with van der Waals surface area (Å²) in [4.78, 5) is 32.7. The van der Waals surface area contributed by atoms with Crippen LogP contribution in [0.1, 0.15) is 40.4 Å². The van der Waals surface area contributed by atoms with E-state index in [9.17, 15) is 9.59 Å². The molecule has 43 heavy (non-hydrogen) atoms. The van der Waals surface area contributed by atoms with Gasteiger partial charge in [0.15, 0.2) is 0 Å². The van der Waals surface area contributed by atoms with Crippen LogP contribution in [0.15, 0.2) is 85.1 Å². The van der Waals surface area contributed by atoms with Crippen molar-refractivity contribution in [2.75, 3.05) is 25.2 Å². The van der Waals surface area contributed by atoms with Crippen LogP contribution in [0.5, 0.6) is 11.5 Å². The quantitative estimate of drug-likeness (QED) is 0.228. The number of aromatic nitrogens is 4. The van der Waals surface area contributed by atoms with E-state index in [4.69, 9.17) is 15.2 Å². The number of amides is 2. The molecule has 0 atom stereocenters. The molecule has 10 nitrogen and oxygen atoms in total. The van der Waals surface area contributed by atoms with Crippen molar-refractivity contribution in [2.24, 2.45) is 5.73 Å². The molecule has 0 saturated heterocycles. The molecule has 0 bridgehead atoms. The van der Waals surface area contributed by atoms with Crippen LogP contribution in [0.3, 0.4) is 0 Å². The number of nitrogens with two attached hydrogens (primary N) is 1. The van der Waals surface area contributed by atoms with Gasteiger partial charge in [-0.15, -0.1) is 5.10 Å². The smallest absolute Gasteiger partial charge is 0.288 e. The highest BCUT2D eigenvalue weighted by Crippen LogP contribution is 2.31. The Morgan fingerprint density at radius 3 is 2.77 bits per heavy atom. The first-order valence-electron chi connectivity index (χ1n) is 13.7. The third-order valence-corrected chi connectivity index (χ3v) is 6.54. The Hall–Kier alpha value is -5.69. The highest BCUT2D eigenvalue weighted by Gasteiger charge is 2.19. The molecule has 1 aliphatic rings. The van der Waals surface area contributed by atoms with Gasteiger partial charge in [0.05, 0.1) is 30.8 Å². The molecule has 0 saturated carbocycles. The number of ether oxygens (including phenoxy) is 2. The number of nitrogens with zero attached hydrogens (tertiary/aromatic N) is 4. The molecule has 2 aromatic heterocycles. The van der Waals surface area contributed by atoms with Crippen molar-refractivity contribution >= 4 is 28.4 Å². The number of hydrogen-bond acceptors (Lipinski definition) is 7. The molecule has 6 rings (SSSR count). The van der Waals surface area contributed by atoms with Gasteiger partial charge in [0.2, 0.25) is 11.7 Å². The zero-order chi connectivity index (χ0) is 30.0. The molecule has 0 radical (unpaired) electrons. The summed E-state index contributed by atoms with van der Waals surface area (Å²) in [6, 6.07) is 25.3.